The number of rotatable bonds is 4. The van der Waals surface area contributed by atoms with Crippen LogP contribution in [0.3, 0.4) is 0 Å². The summed E-state index contributed by atoms with van der Waals surface area (Å²) in [6, 6.07) is -0.975. The quantitative estimate of drug-likeness (QED) is 0.341. The highest BCUT2D eigenvalue weighted by Gasteiger charge is 2.40. The third-order valence-corrected chi connectivity index (χ3v) is 3.03. The first-order chi connectivity index (χ1) is 10.4. The van der Waals surface area contributed by atoms with Gasteiger partial charge in [-0.15, -0.1) is 0 Å². The third kappa shape index (κ3) is 6.88. The van der Waals surface area contributed by atoms with Gasteiger partial charge in [0.1, 0.15) is 17.2 Å². The van der Waals surface area contributed by atoms with Crippen molar-refractivity contribution in [2.45, 2.75) is 71.2 Å². The monoisotopic (exact) mass is 326 g/mol. The molecule has 1 aliphatic rings. The van der Waals surface area contributed by atoms with Crippen LogP contribution in [0.15, 0.2) is 5.11 Å². The number of esters is 2. The Balaban J connectivity index is 2.81. The van der Waals surface area contributed by atoms with Gasteiger partial charge in [-0.25, -0.2) is 0 Å². The van der Waals surface area contributed by atoms with Crippen LogP contribution in [0, 0.1) is 0 Å². The second-order valence-electron chi connectivity index (χ2n) is 7.66. The molecular formula is C15H26N4O4. The SMILES string of the molecule is CC(C)(C)OC(=O)CN1C[C@@H](N=[N+]=[N-])C[C@H]1C(=O)OC(C)(C)C. The lowest BCUT2D eigenvalue weighted by Crippen LogP contribution is -2.44. The number of ether oxygens (including phenoxy) is 2. The van der Waals surface area contributed by atoms with Crippen molar-refractivity contribution in [2.75, 3.05) is 13.1 Å². The van der Waals surface area contributed by atoms with Gasteiger partial charge in [0.15, 0.2) is 0 Å². The molecule has 8 heteroatoms. The van der Waals surface area contributed by atoms with Crippen molar-refractivity contribution in [3.8, 4) is 0 Å². The average molecular weight is 326 g/mol. The summed E-state index contributed by atoms with van der Waals surface area (Å²) in [5, 5.41) is 3.66. The standard InChI is InChI=1S/C15H26N4O4/c1-14(2,3)22-12(20)9-19-8-10(17-18-16)7-11(19)13(21)23-15(4,5)6/h10-11H,7-9H2,1-6H3/t10-,11-/m0/s1. The van der Waals surface area contributed by atoms with Crippen LogP contribution >= 0.6 is 0 Å². The van der Waals surface area contributed by atoms with Crippen LogP contribution in [-0.4, -0.2) is 53.2 Å². The molecule has 1 heterocycles. The Morgan fingerprint density at radius 3 is 2.22 bits per heavy atom. The van der Waals surface area contributed by atoms with Gasteiger partial charge in [-0.3, -0.25) is 14.5 Å². The van der Waals surface area contributed by atoms with Crippen LogP contribution in [0.5, 0.6) is 0 Å². The first-order valence-electron chi connectivity index (χ1n) is 7.64. The Hall–Kier alpha value is -1.79. The number of carbonyl (C=O) groups excluding carboxylic acids is 2. The minimum atomic E-state index is -0.620. The molecule has 0 aromatic carbocycles. The van der Waals surface area contributed by atoms with Gasteiger partial charge in [-0.2, -0.15) is 0 Å². The second kappa shape index (κ2) is 7.19. The number of nitrogens with zero attached hydrogens (tertiary/aromatic N) is 4. The van der Waals surface area contributed by atoms with E-state index in [1.807, 2.05) is 0 Å². The van der Waals surface area contributed by atoms with Gasteiger partial charge in [0, 0.05) is 11.5 Å². The smallest absolute Gasteiger partial charge is 0.323 e. The fourth-order valence-corrected chi connectivity index (χ4v) is 2.37. The van der Waals surface area contributed by atoms with E-state index in [1.165, 1.54) is 0 Å². The molecule has 0 N–H and O–H groups in total. The lowest BCUT2D eigenvalue weighted by molar-refractivity contribution is -0.163. The summed E-state index contributed by atoms with van der Waals surface area (Å²) in [7, 11) is 0. The summed E-state index contributed by atoms with van der Waals surface area (Å²) in [5.74, 6) is -0.843. The van der Waals surface area contributed by atoms with Crippen molar-refractivity contribution >= 4 is 11.9 Å². The highest BCUT2D eigenvalue weighted by Crippen LogP contribution is 2.24. The minimum absolute atomic E-state index is 0.0430. The van der Waals surface area contributed by atoms with Crippen LogP contribution in [0.2, 0.25) is 0 Å². The molecule has 1 aliphatic heterocycles. The first-order valence-corrected chi connectivity index (χ1v) is 7.64. The van der Waals surface area contributed by atoms with Crippen molar-refractivity contribution in [3.63, 3.8) is 0 Å². The van der Waals surface area contributed by atoms with Crippen LogP contribution < -0.4 is 0 Å². The summed E-state index contributed by atoms with van der Waals surface area (Å²) in [6.07, 6.45) is 0.335. The van der Waals surface area contributed by atoms with Crippen LogP contribution in [-0.2, 0) is 19.1 Å². The molecule has 0 spiro atoms. The lowest BCUT2D eigenvalue weighted by atomic mass is 10.1. The van der Waals surface area contributed by atoms with E-state index >= 15 is 0 Å². The van der Waals surface area contributed by atoms with E-state index in [9.17, 15) is 9.59 Å². The molecule has 130 valence electrons. The molecule has 1 saturated heterocycles. The third-order valence-electron chi connectivity index (χ3n) is 3.03. The molecule has 8 nitrogen and oxygen atoms in total. The molecule has 1 fully saturated rings. The van der Waals surface area contributed by atoms with E-state index in [1.54, 1.807) is 46.4 Å². The van der Waals surface area contributed by atoms with Gasteiger partial charge in [0.05, 0.1) is 12.6 Å². The van der Waals surface area contributed by atoms with Crippen LogP contribution in [0.4, 0.5) is 0 Å². The average Bonchev–Trinajstić information content (AvgIpc) is 2.67. The number of likely N-dealkylation sites (tertiary alicyclic amines) is 1. The van der Waals surface area contributed by atoms with E-state index in [0.29, 0.717) is 13.0 Å². The zero-order valence-electron chi connectivity index (χ0n) is 14.7. The predicted octanol–water partition coefficient (Wildman–Crippen LogP) is 2.42. The van der Waals surface area contributed by atoms with Gasteiger partial charge < -0.3 is 9.47 Å². The van der Waals surface area contributed by atoms with Crippen molar-refractivity contribution in [1.82, 2.24) is 4.90 Å². The number of hydrogen-bond donors (Lipinski definition) is 0. The maximum Gasteiger partial charge on any atom is 0.323 e. The van der Waals surface area contributed by atoms with Crippen molar-refractivity contribution in [2.24, 2.45) is 5.11 Å². The Bertz CT molecular complexity index is 501. The van der Waals surface area contributed by atoms with E-state index < -0.39 is 29.2 Å². The first kappa shape index (κ1) is 19.3. The van der Waals surface area contributed by atoms with E-state index in [-0.39, 0.29) is 12.6 Å². The molecule has 0 bridgehead atoms. The van der Waals surface area contributed by atoms with Gasteiger partial charge in [0.25, 0.3) is 0 Å². The Labute approximate surface area is 136 Å². The fraction of sp³-hybridized carbons (Fsp3) is 0.867. The molecule has 0 radical (unpaired) electrons. The largest absolute Gasteiger partial charge is 0.459 e. The van der Waals surface area contributed by atoms with Gasteiger partial charge >= 0.3 is 11.9 Å². The molecule has 0 aromatic heterocycles. The van der Waals surface area contributed by atoms with Crippen molar-refractivity contribution in [3.05, 3.63) is 10.4 Å². The molecule has 2 atom stereocenters. The summed E-state index contributed by atoms with van der Waals surface area (Å²) in [4.78, 5) is 28.8. The Kier molecular flexibility index (Phi) is 6.02. The number of hydrogen-bond acceptors (Lipinski definition) is 6. The topological polar surface area (TPSA) is 105 Å². The molecule has 1 rings (SSSR count). The highest BCUT2D eigenvalue weighted by atomic mass is 16.6. The molecule has 0 unspecified atom stereocenters. The summed E-state index contributed by atoms with van der Waals surface area (Å²) < 4.78 is 10.7. The molecular weight excluding hydrogens is 300 g/mol. The second-order valence-corrected chi connectivity index (χ2v) is 7.66. The molecule has 0 saturated carbocycles. The highest BCUT2D eigenvalue weighted by molar-refractivity contribution is 5.79. The molecule has 0 aromatic rings. The maximum atomic E-state index is 12.3. The van der Waals surface area contributed by atoms with Crippen molar-refractivity contribution in [1.29, 1.82) is 0 Å². The van der Waals surface area contributed by atoms with E-state index in [2.05, 4.69) is 10.0 Å². The van der Waals surface area contributed by atoms with Gasteiger partial charge in [-0.1, -0.05) is 5.11 Å². The predicted molar refractivity (Wildman–Crippen MR) is 84.6 cm³/mol. The summed E-state index contributed by atoms with van der Waals surface area (Å²) in [5.41, 5.74) is 7.38. The van der Waals surface area contributed by atoms with Crippen LogP contribution in [0.25, 0.3) is 10.4 Å². The molecule has 23 heavy (non-hydrogen) atoms. The number of azide groups is 1. The lowest BCUT2D eigenvalue weighted by Gasteiger charge is -2.27. The van der Waals surface area contributed by atoms with E-state index in [0.717, 1.165) is 0 Å². The van der Waals surface area contributed by atoms with Crippen LogP contribution in [0.1, 0.15) is 48.0 Å². The number of carbonyl (C=O) groups is 2. The zero-order valence-corrected chi connectivity index (χ0v) is 14.7. The summed E-state index contributed by atoms with van der Waals surface area (Å²) in [6.45, 7) is 11.0. The summed E-state index contributed by atoms with van der Waals surface area (Å²) >= 11 is 0. The fourth-order valence-electron chi connectivity index (χ4n) is 2.37. The minimum Gasteiger partial charge on any atom is -0.459 e. The van der Waals surface area contributed by atoms with Gasteiger partial charge in [-0.05, 0) is 53.5 Å². The molecule has 0 amide bonds. The van der Waals surface area contributed by atoms with Crippen molar-refractivity contribution < 1.29 is 19.1 Å². The molecule has 0 aliphatic carbocycles. The van der Waals surface area contributed by atoms with Gasteiger partial charge in [0.2, 0.25) is 0 Å². The Morgan fingerprint density at radius 2 is 1.74 bits per heavy atom. The Morgan fingerprint density at radius 1 is 1.17 bits per heavy atom. The van der Waals surface area contributed by atoms with E-state index in [4.69, 9.17) is 15.0 Å². The zero-order chi connectivity index (χ0) is 17.8. The normalized spacial score (nSPS) is 22.3. The maximum absolute atomic E-state index is 12.3.